The molecule has 0 amide bonds. The lowest BCUT2D eigenvalue weighted by Gasteiger charge is -2.49. The largest absolute Gasteiger partial charge is 0.361 e. The Labute approximate surface area is 192 Å². The summed E-state index contributed by atoms with van der Waals surface area (Å²) in [6.07, 6.45) is 0. The lowest BCUT2D eigenvalue weighted by atomic mass is 9.85. The van der Waals surface area contributed by atoms with E-state index in [2.05, 4.69) is 0 Å². The summed E-state index contributed by atoms with van der Waals surface area (Å²) in [5, 5.41) is 0. The van der Waals surface area contributed by atoms with Gasteiger partial charge in [0.25, 0.3) is 0 Å². The monoisotopic (exact) mass is 404 g/mol. The lowest BCUT2D eigenvalue weighted by molar-refractivity contribution is 0.379. The Hall–Kier alpha value is -2.54. The maximum Gasteiger partial charge on any atom is 0.0453 e. The van der Waals surface area contributed by atoms with Crippen LogP contribution in [0.1, 0.15) is 84.8 Å². The molecule has 1 heteroatoms. The number of rotatable bonds is 2. The molecule has 0 N–H and O–H groups in total. The highest BCUT2D eigenvalue weighted by Crippen LogP contribution is 2.49. The average molecular weight is 405 g/mol. The van der Waals surface area contributed by atoms with Crippen LogP contribution in [0, 0.1) is 13.7 Å². The van der Waals surface area contributed by atoms with Gasteiger partial charge >= 0.3 is 0 Å². The van der Waals surface area contributed by atoms with Gasteiger partial charge in [0, 0.05) is 32.3 Å². The van der Waals surface area contributed by atoms with Gasteiger partial charge in [0.1, 0.15) is 0 Å². The Kier molecular flexibility index (Phi) is 3.20. The molecule has 156 valence electrons. The Balaban J connectivity index is 2.17. The van der Waals surface area contributed by atoms with Crippen molar-refractivity contribution in [3.8, 4) is 11.1 Å². The van der Waals surface area contributed by atoms with E-state index in [0.29, 0.717) is 16.7 Å². The van der Waals surface area contributed by atoms with E-state index in [1.807, 2.05) is 95.0 Å². The van der Waals surface area contributed by atoms with Crippen molar-refractivity contribution in [1.29, 1.82) is 0 Å². The summed E-state index contributed by atoms with van der Waals surface area (Å²) in [6, 6.07) is 18.3. The van der Waals surface area contributed by atoms with Gasteiger partial charge in [0.15, 0.2) is 0 Å². The van der Waals surface area contributed by atoms with Gasteiger partial charge in [-0.2, -0.15) is 0 Å². The van der Waals surface area contributed by atoms with Crippen molar-refractivity contribution >= 4 is 5.69 Å². The standard InChI is InChI=1S/C29H35N/c1-19-17-21(18-20(2)27(19)30(28(3,4)5)29(6,7)8)26-24-15-11-9-13-22(24)23-14-10-12-16-25(23)26/h9-18,26H,1-8H3/i1D3,2D3,26D. The van der Waals surface area contributed by atoms with Crippen molar-refractivity contribution in [1.82, 2.24) is 0 Å². The molecule has 0 aromatic heterocycles. The number of hydrogen-bond acceptors (Lipinski definition) is 1. The van der Waals surface area contributed by atoms with Gasteiger partial charge in [-0.25, -0.2) is 0 Å². The molecule has 1 nitrogen and oxygen atoms in total. The van der Waals surface area contributed by atoms with Gasteiger partial charge in [-0.05, 0) is 94.2 Å². The number of aryl methyl sites for hydroxylation is 2. The fourth-order valence-electron chi connectivity index (χ4n) is 5.02. The van der Waals surface area contributed by atoms with Gasteiger partial charge in [-0.3, -0.25) is 0 Å². The smallest absolute Gasteiger partial charge is 0.0453 e. The number of fused-ring (bicyclic) bond motifs is 3. The van der Waals surface area contributed by atoms with E-state index in [1.165, 1.54) is 0 Å². The second-order valence-corrected chi connectivity index (χ2v) is 10.1. The predicted octanol–water partition coefficient (Wildman–Crippen LogP) is 7.87. The first kappa shape index (κ1) is 13.7. The van der Waals surface area contributed by atoms with E-state index in [9.17, 15) is 1.37 Å². The molecule has 0 heterocycles. The molecule has 0 atom stereocenters. The summed E-state index contributed by atoms with van der Waals surface area (Å²) in [6.45, 7) is 6.51. The third-order valence-corrected chi connectivity index (χ3v) is 5.65. The molecule has 0 fully saturated rings. The van der Waals surface area contributed by atoms with E-state index in [0.717, 1.165) is 11.1 Å². The van der Waals surface area contributed by atoms with Crippen LogP contribution >= 0.6 is 0 Å². The molecular weight excluding hydrogens is 362 g/mol. The van der Waals surface area contributed by atoms with E-state index >= 15 is 0 Å². The van der Waals surface area contributed by atoms with Crippen molar-refractivity contribution in [2.75, 3.05) is 4.90 Å². The Morgan fingerprint density at radius 1 is 0.733 bits per heavy atom. The minimum absolute atomic E-state index is 0.0468. The van der Waals surface area contributed by atoms with Crippen LogP contribution in [-0.4, -0.2) is 11.1 Å². The highest BCUT2D eigenvalue weighted by Gasteiger charge is 2.35. The van der Waals surface area contributed by atoms with Crippen LogP contribution in [0.4, 0.5) is 5.69 Å². The van der Waals surface area contributed by atoms with Gasteiger partial charge in [-0.1, -0.05) is 60.7 Å². The summed E-state index contributed by atoms with van der Waals surface area (Å²) in [5.41, 5.74) is 2.50. The minimum atomic E-state index is -2.60. The molecule has 0 aliphatic heterocycles. The fourth-order valence-corrected chi connectivity index (χ4v) is 5.02. The van der Waals surface area contributed by atoms with E-state index < -0.39 is 30.7 Å². The molecule has 1 aliphatic carbocycles. The van der Waals surface area contributed by atoms with Crippen molar-refractivity contribution in [2.45, 2.75) is 72.2 Å². The molecule has 1 aliphatic rings. The molecule has 0 saturated heterocycles. The van der Waals surface area contributed by atoms with Gasteiger partial charge in [0.2, 0.25) is 0 Å². The first-order chi connectivity index (χ1) is 16.8. The summed E-state index contributed by atoms with van der Waals surface area (Å²) in [4.78, 5) is 1.90. The van der Waals surface area contributed by atoms with Crippen molar-refractivity contribution in [3.63, 3.8) is 0 Å². The molecule has 4 rings (SSSR count). The second-order valence-electron chi connectivity index (χ2n) is 10.1. The summed E-state index contributed by atoms with van der Waals surface area (Å²) < 4.78 is 60.8. The highest BCUT2D eigenvalue weighted by molar-refractivity contribution is 5.81. The van der Waals surface area contributed by atoms with Crippen LogP contribution in [0.2, 0.25) is 0 Å². The molecule has 0 unspecified atom stereocenters. The van der Waals surface area contributed by atoms with E-state index in [-0.39, 0.29) is 16.8 Å². The molecule has 0 bridgehead atoms. The van der Waals surface area contributed by atoms with Crippen molar-refractivity contribution in [3.05, 3.63) is 88.5 Å². The summed E-state index contributed by atoms with van der Waals surface area (Å²) in [5.74, 6) is -1.46. The predicted molar refractivity (Wildman–Crippen MR) is 131 cm³/mol. The summed E-state index contributed by atoms with van der Waals surface area (Å²) >= 11 is 0. The topological polar surface area (TPSA) is 3.24 Å². The van der Waals surface area contributed by atoms with Crippen LogP contribution in [0.15, 0.2) is 60.7 Å². The van der Waals surface area contributed by atoms with Crippen LogP contribution in [-0.2, 0) is 0 Å². The first-order valence-electron chi connectivity index (χ1n) is 14.0. The minimum Gasteiger partial charge on any atom is -0.361 e. The molecule has 0 saturated carbocycles. The SMILES string of the molecule is [2H]C([2H])([2H])c1cc(C2([2H])c3ccccc3-c3ccccc32)cc(C([2H])([2H])[2H])c1N(C(C)(C)C)C(C)(C)C. The van der Waals surface area contributed by atoms with Crippen LogP contribution < -0.4 is 4.90 Å². The van der Waals surface area contributed by atoms with E-state index in [1.54, 1.807) is 12.1 Å². The number of anilines is 1. The maximum atomic E-state index is 9.83. The fraction of sp³-hybridized carbons (Fsp3) is 0.379. The van der Waals surface area contributed by atoms with Crippen molar-refractivity contribution < 1.29 is 9.60 Å². The Morgan fingerprint density at radius 2 is 1.17 bits per heavy atom. The number of benzene rings is 3. The van der Waals surface area contributed by atoms with Crippen LogP contribution in [0.25, 0.3) is 11.1 Å². The van der Waals surface area contributed by atoms with Crippen LogP contribution in [0.5, 0.6) is 0 Å². The molecule has 30 heavy (non-hydrogen) atoms. The highest BCUT2D eigenvalue weighted by atomic mass is 15.2. The Bertz CT molecular complexity index is 1240. The van der Waals surface area contributed by atoms with Gasteiger partial charge < -0.3 is 4.90 Å². The molecule has 0 radical (unpaired) electrons. The van der Waals surface area contributed by atoms with E-state index in [4.69, 9.17) is 8.22 Å². The Morgan fingerprint density at radius 3 is 1.57 bits per heavy atom. The zero-order chi connectivity index (χ0) is 27.8. The normalized spacial score (nSPS) is 19.2. The molecule has 0 spiro atoms. The molecule has 3 aromatic carbocycles. The van der Waals surface area contributed by atoms with Gasteiger partial charge in [0.05, 0.1) is 0 Å². The average Bonchev–Trinajstić information content (AvgIpc) is 3.00. The molecule has 3 aromatic rings. The zero-order valence-corrected chi connectivity index (χ0v) is 18.7. The third-order valence-electron chi connectivity index (χ3n) is 5.65. The van der Waals surface area contributed by atoms with Crippen LogP contribution in [0.3, 0.4) is 0 Å². The summed E-state index contributed by atoms with van der Waals surface area (Å²) in [7, 11) is 0. The van der Waals surface area contributed by atoms with Gasteiger partial charge in [-0.15, -0.1) is 0 Å². The first-order valence-corrected chi connectivity index (χ1v) is 10.5. The quantitative estimate of drug-likeness (QED) is 0.420. The van der Waals surface area contributed by atoms with Crippen molar-refractivity contribution in [2.24, 2.45) is 0 Å². The maximum absolute atomic E-state index is 9.83. The second kappa shape index (κ2) is 7.01. The number of hydrogen-bond donors (Lipinski definition) is 0. The lowest BCUT2D eigenvalue weighted by Crippen LogP contribution is -2.53. The zero-order valence-electron chi connectivity index (χ0n) is 25.7. The number of nitrogens with zero attached hydrogens (tertiary/aromatic N) is 1. The third kappa shape index (κ3) is 3.35. The molecular formula is C29H35N.